The Labute approximate surface area is 188 Å². The van der Waals surface area contributed by atoms with Crippen LogP contribution in [-0.4, -0.2) is 36.6 Å². The van der Waals surface area contributed by atoms with Crippen molar-refractivity contribution in [3.05, 3.63) is 52.8 Å². The van der Waals surface area contributed by atoms with E-state index in [1.165, 1.54) is 33.9 Å². The number of benzene rings is 2. The molecule has 0 atom stereocenters. The maximum Gasteiger partial charge on any atom is 0.236 e. The Morgan fingerprint density at radius 3 is 2.74 bits per heavy atom. The fourth-order valence-electron chi connectivity index (χ4n) is 3.19. The first-order valence-electron chi connectivity index (χ1n) is 9.81. The van der Waals surface area contributed by atoms with Crippen LogP contribution >= 0.6 is 23.1 Å². The van der Waals surface area contributed by atoms with Crippen LogP contribution < -0.4 is 10.1 Å². The van der Waals surface area contributed by atoms with Crippen molar-refractivity contribution in [3.63, 3.8) is 0 Å². The van der Waals surface area contributed by atoms with Crippen molar-refractivity contribution >= 4 is 44.9 Å². The summed E-state index contributed by atoms with van der Waals surface area (Å²) < 4.78 is 8.03. The summed E-state index contributed by atoms with van der Waals surface area (Å²) in [5.41, 5.74) is 1.10. The van der Waals surface area contributed by atoms with E-state index in [1.54, 1.807) is 0 Å². The molecule has 0 aliphatic heterocycles. The van der Waals surface area contributed by atoms with Gasteiger partial charge in [0.2, 0.25) is 11.0 Å². The lowest BCUT2D eigenvalue weighted by Gasteiger charge is -2.12. The summed E-state index contributed by atoms with van der Waals surface area (Å²) in [5.74, 6) is 1.60. The molecule has 4 aromatic rings. The number of aromatic nitrogens is 5. The largest absolute Gasteiger partial charge is 0.485 e. The Balaban J connectivity index is 1.40. The van der Waals surface area contributed by atoms with Crippen molar-refractivity contribution in [3.8, 4) is 5.75 Å². The molecule has 0 saturated carbocycles. The van der Waals surface area contributed by atoms with E-state index in [9.17, 15) is 4.79 Å². The van der Waals surface area contributed by atoms with Crippen molar-refractivity contribution in [1.82, 2.24) is 25.0 Å². The average molecular weight is 455 g/mol. The smallest absolute Gasteiger partial charge is 0.236 e. The summed E-state index contributed by atoms with van der Waals surface area (Å²) in [6, 6.07) is 12.3. The van der Waals surface area contributed by atoms with Crippen molar-refractivity contribution in [2.45, 2.75) is 39.1 Å². The summed E-state index contributed by atoms with van der Waals surface area (Å²) in [7, 11) is 0. The van der Waals surface area contributed by atoms with Crippen LogP contribution in [0.2, 0.25) is 0 Å². The van der Waals surface area contributed by atoms with Gasteiger partial charge in [-0.05, 0) is 43.2 Å². The number of anilines is 1. The van der Waals surface area contributed by atoms with E-state index in [-0.39, 0.29) is 11.7 Å². The van der Waals surface area contributed by atoms with Crippen molar-refractivity contribution in [2.24, 2.45) is 0 Å². The summed E-state index contributed by atoms with van der Waals surface area (Å²) in [6.45, 7) is 6.90. The normalized spacial score (nSPS) is 11.1. The molecule has 0 fully saturated rings. The minimum Gasteiger partial charge on any atom is -0.485 e. The Hall–Kier alpha value is -2.98. The minimum absolute atomic E-state index is 0.156. The number of nitrogens with zero attached hydrogens (tertiary/aromatic N) is 5. The zero-order valence-corrected chi connectivity index (χ0v) is 19.1. The molecule has 0 spiro atoms. The number of hydrogen-bond donors (Lipinski definition) is 1. The molecule has 0 aliphatic carbocycles. The number of carbonyl (C=O) groups excluding carboxylic acids is 1. The van der Waals surface area contributed by atoms with Crippen molar-refractivity contribution in [2.75, 3.05) is 11.1 Å². The second kappa shape index (κ2) is 9.44. The Morgan fingerprint density at radius 2 is 1.97 bits per heavy atom. The van der Waals surface area contributed by atoms with Crippen LogP contribution in [-0.2, 0) is 17.9 Å². The Kier molecular flexibility index (Phi) is 6.47. The van der Waals surface area contributed by atoms with Gasteiger partial charge >= 0.3 is 0 Å². The van der Waals surface area contributed by atoms with Gasteiger partial charge in [-0.15, -0.1) is 20.4 Å². The molecule has 1 N–H and O–H groups in total. The predicted octanol–water partition coefficient (Wildman–Crippen LogP) is 4.23. The molecule has 31 heavy (non-hydrogen) atoms. The minimum atomic E-state index is -0.156. The first kappa shape index (κ1) is 21.3. The quantitative estimate of drug-likeness (QED) is 0.398. The molecule has 10 heteroatoms. The molecule has 2 aromatic carbocycles. The van der Waals surface area contributed by atoms with Gasteiger partial charge in [0.15, 0.2) is 11.0 Å². The fraction of sp³-hybridized carbons (Fsp3) is 0.286. The number of ether oxygens (including phenoxy) is 1. The standard InChI is InChI=1S/C21H22N6O2S2/c1-4-27-18(11-29-17-10-9-15-7-5-6-8-16(15)13(17)2)24-26-21(27)30-12-19(28)22-20-25-23-14(3)31-20/h5-10H,4,11-12H2,1-3H3,(H,22,25,28). The number of nitrogens with one attached hydrogen (secondary N) is 1. The molecule has 8 nitrogen and oxygen atoms in total. The third kappa shape index (κ3) is 4.86. The number of carbonyl (C=O) groups is 1. The molecule has 0 radical (unpaired) electrons. The molecule has 0 bridgehead atoms. The van der Waals surface area contributed by atoms with Crippen molar-refractivity contribution in [1.29, 1.82) is 0 Å². The monoisotopic (exact) mass is 454 g/mol. The maximum atomic E-state index is 12.2. The molecular weight excluding hydrogens is 432 g/mol. The summed E-state index contributed by atoms with van der Waals surface area (Å²) in [4.78, 5) is 12.2. The van der Waals surface area contributed by atoms with Gasteiger partial charge in [-0.1, -0.05) is 53.4 Å². The molecule has 160 valence electrons. The molecule has 0 aliphatic rings. The van der Waals surface area contributed by atoms with Crippen LogP contribution in [0.3, 0.4) is 0 Å². The van der Waals surface area contributed by atoms with Gasteiger partial charge in [-0.25, -0.2) is 0 Å². The van der Waals surface area contributed by atoms with Gasteiger partial charge < -0.3 is 9.30 Å². The predicted molar refractivity (Wildman–Crippen MR) is 123 cm³/mol. The van der Waals surface area contributed by atoms with Crippen molar-refractivity contribution < 1.29 is 9.53 Å². The first-order valence-corrected chi connectivity index (χ1v) is 11.6. The number of fused-ring (bicyclic) bond motifs is 1. The van der Waals surface area contributed by atoms with E-state index in [0.29, 0.717) is 23.4 Å². The molecule has 0 saturated heterocycles. The molecule has 1 amide bonds. The van der Waals surface area contributed by atoms with Gasteiger partial charge in [-0.2, -0.15) is 0 Å². The average Bonchev–Trinajstić information content (AvgIpc) is 3.37. The second-order valence-corrected chi connectivity index (χ2v) is 8.93. The third-order valence-corrected chi connectivity index (χ3v) is 6.44. The molecule has 4 rings (SSSR count). The summed E-state index contributed by atoms with van der Waals surface area (Å²) >= 11 is 2.67. The topological polar surface area (TPSA) is 94.8 Å². The van der Waals surface area contributed by atoms with Crippen LogP contribution in [0, 0.1) is 13.8 Å². The zero-order chi connectivity index (χ0) is 21.8. The highest BCUT2D eigenvalue weighted by molar-refractivity contribution is 7.99. The highest BCUT2D eigenvalue weighted by Crippen LogP contribution is 2.28. The lowest BCUT2D eigenvalue weighted by atomic mass is 10.0. The fourth-order valence-corrected chi connectivity index (χ4v) is 4.62. The number of aryl methyl sites for hydroxylation is 2. The SMILES string of the molecule is CCn1c(COc2ccc3ccccc3c2C)nnc1SCC(=O)Nc1nnc(C)s1. The lowest BCUT2D eigenvalue weighted by molar-refractivity contribution is -0.113. The number of rotatable bonds is 8. The molecule has 2 heterocycles. The van der Waals surface area contributed by atoms with E-state index in [0.717, 1.165) is 22.1 Å². The van der Waals surface area contributed by atoms with Gasteiger partial charge in [0.05, 0.1) is 5.75 Å². The van der Waals surface area contributed by atoms with E-state index in [2.05, 4.69) is 50.8 Å². The van der Waals surface area contributed by atoms with E-state index in [1.807, 2.05) is 36.6 Å². The molecule has 2 aromatic heterocycles. The van der Waals surface area contributed by atoms with Crippen LogP contribution in [0.25, 0.3) is 10.8 Å². The van der Waals surface area contributed by atoms with E-state index >= 15 is 0 Å². The van der Waals surface area contributed by atoms with E-state index < -0.39 is 0 Å². The van der Waals surface area contributed by atoms with Gasteiger partial charge in [0.25, 0.3) is 0 Å². The number of amides is 1. The van der Waals surface area contributed by atoms with Crippen LogP contribution in [0.5, 0.6) is 5.75 Å². The van der Waals surface area contributed by atoms with E-state index in [4.69, 9.17) is 4.74 Å². The highest BCUT2D eigenvalue weighted by Gasteiger charge is 2.15. The Bertz CT molecular complexity index is 1220. The third-order valence-electron chi connectivity index (χ3n) is 4.72. The summed E-state index contributed by atoms with van der Waals surface area (Å²) in [5, 5.41) is 23.4. The molecular formula is C21H22N6O2S2. The first-order chi connectivity index (χ1) is 15.0. The maximum absolute atomic E-state index is 12.2. The lowest BCUT2D eigenvalue weighted by Crippen LogP contribution is -2.14. The second-order valence-electron chi connectivity index (χ2n) is 6.80. The summed E-state index contributed by atoms with van der Waals surface area (Å²) in [6.07, 6.45) is 0. The number of thioether (sulfide) groups is 1. The number of hydrogen-bond acceptors (Lipinski definition) is 8. The zero-order valence-electron chi connectivity index (χ0n) is 17.5. The molecule has 0 unspecified atom stereocenters. The van der Waals surface area contributed by atoms with Gasteiger partial charge in [0, 0.05) is 6.54 Å². The van der Waals surface area contributed by atoms with Crippen LogP contribution in [0.4, 0.5) is 5.13 Å². The van der Waals surface area contributed by atoms with Gasteiger partial charge in [0.1, 0.15) is 17.4 Å². The highest BCUT2D eigenvalue weighted by atomic mass is 32.2. The van der Waals surface area contributed by atoms with Crippen LogP contribution in [0.1, 0.15) is 23.3 Å². The van der Waals surface area contributed by atoms with Crippen LogP contribution in [0.15, 0.2) is 41.6 Å². The Morgan fingerprint density at radius 1 is 1.13 bits per heavy atom. The van der Waals surface area contributed by atoms with Gasteiger partial charge in [-0.3, -0.25) is 10.1 Å².